The van der Waals surface area contributed by atoms with Gasteiger partial charge >= 0.3 is 12.1 Å². The lowest BCUT2D eigenvalue weighted by atomic mass is 10.2. The summed E-state index contributed by atoms with van der Waals surface area (Å²) in [6.07, 6.45) is -4.57. The lowest BCUT2D eigenvalue weighted by Crippen LogP contribution is -2.31. The van der Waals surface area contributed by atoms with Gasteiger partial charge < -0.3 is 20.1 Å². The quantitative estimate of drug-likeness (QED) is 0.476. The molecule has 1 amide bonds. The minimum Gasteiger partial charge on any atom is -0.466 e. The molecular formula is C15H13ClF3IN2O4. The Bertz CT molecular complexity index is 760. The number of amides is 1. The van der Waals surface area contributed by atoms with Gasteiger partial charge in [-0.3, -0.25) is 4.79 Å². The Kier molecular flexibility index (Phi) is 6.40. The number of ether oxygens (including phenoxy) is 1. The number of esters is 1. The first-order valence-corrected chi connectivity index (χ1v) is 8.60. The third-order valence-corrected chi connectivity index (χ3v) is 4.72. The minimum atomic E-state index is -4.57. The zero-order valence-corrected chi connectivity index (χ0v) is 16.2. The minimum absolute atomic E-state index is 0.00212. The van der Waals surface area contributed by atoms with Crippen molar-refractivity contribution in [1.82, 2.24) is 4.90 Å². The smallest absolute Gasteiger partial charge is 0.416 e. The molecule has 1 aliphatic heterocycles. The molecule has 1 aromatic rings. The van der Waals surface area contributed by atoms with E-state index < -0.39 is 23.6 Å². The van der Waals surface area contributed by atoms with Gasteiger partial charge in [0.25, 0.3) is 5.91 Å². The molecule has 142 valence electrons. The summed E-state index contributed by atoms with van der Waals surface area (Å²) in [7, 11) is 1.14. The Morgan fingerprint density at radius 1 is 1.46 bits per heavy atom. The molecule has 0 atom stereocenters. The van der Waals surface area contributed by atoms with Crippen molar-refractivity contribution in [1.29, 1.82) is 0 Å². The molecule has 2 N–H and O–H groups in total. The highest BCUT2D eigenvalue weighted by Gasteiger charge is 2.36. The molecule has 0 saturated carbocycles. The molecule has 2 rings (SSSR count). The van der Waals surface area contributed by atoms with Crippen molar-refractivity contribution >= 4 is 51.8 Å². The summed E-state index contributed by atoms with van der Waals surface area (Å²) in [5, 5.41) is 11.4. The first kappa shape index (κ1) is 20.8. The predicted molar refractivity (Wildman–Crippen MR) is 95.5 cm³/mol. The lowest BCUT2D eigenvalue weighted by molar-refractivity contribution is -0.138. The maximum absolute atomic E-state index is 12.9. The van der Waals surface area contributed by atoms with Crippen molar-refractivity contribution in [3.8, 4) is 0 Å². The van der Waals surface area contributed by atoms with E-state index >= 15 is 0 Å². The van der Waals surface area contributed by atoms with E-state index in [-0.39, 0.29) is 45.2 Å². The Balaban J connectivity index is 2.44. The molecule has 26 heavy (non-hydrogen) atoms. The van der Waals surface area contributed by atoms with Crippen LogP contribution in [-0.4, -0.2) is 48.7 Å². The highest BCUT2D eigenvalue weighted by Crippen LogP contribution is 2.38. The fraction of sp³-hybridized carbons (Fsp3) is 0.333. The second kappa shape index (κ2) is 8.01. The van der Waals surface area contributed by atoms with Crippen molar-refractivity contribution in [3.05, 3.63) is 37.6 Å². The summed E-state index contributed by atoms with van der Waals surface area (Å²) < 4.78 is 43.3. The van der Waals surface area contributed by atoms with Crippen LogP contribution in [0.5, 0.6) is 0 Å². The Morgan fingerprint density at radius 3 is 2.62 bits per heavy atom. The monoisotopic (exact) mass is 504 g/mol. The van der Waals surface area contributed by atoms with Crippen LogP contribution in [0.25, 0.3) is 0 Å². The van der Waals surface area contributed by atoms with Gasteiger partial charge in [-0.2, -0.15) is 13.2 Å². The number of aliphatic hydroxyl groups is 1. The molecule has 0 radical (unpaired) electrons. The molecule has 0 spiro atoms. The topological polar surface area (TPSA) is 78.9 Å². The maximum Gasteiger partial charge on any atom is 0.416 e. The van der Waals surface area contributed by atoms with Crippen molar-refractivity contribution in [2.45, 2.75) is 6.18 Å². The molecule has 0 saturated heterocycles. The van der Waals surface area contributed by atoms with Crippen molar-refractivity contribution in [2.75, 3.05) is 32.1 Å². The average molecular weight is 505 g/mol. The Labute approximate surface area is 165 Å². The number of carbonyl (C=O) groups excluding carboxylic acids is 2. The van der Waals surface area contributed by atoms with Crippen LogP contribution in [0.15, 0.2) is 23.4 Å². The van der Waals surface area contributed by atoms with Crippen LogP contribution in [0, 0.1) is 3.57 Å². The van der Waals surface area contributed by atoms with Gasteiger partial charge in [-0.25, -0.2) is 4.79 Å². The van der Waals surface area contributed by atoms with E-state index in [1.165, 1.54) is 4.90 Å². The maximum atomic E-state index is 12.9. The molecule has 6 nitrogen and oxygen atoms in total. The number of alkyl halides is 3. The molecule has 0 aromatic heterocycles. The summed E-state index contributed by atoms with van der Waals surface area (Å²) >= 11 is 7.60. The average Bonchev–Trinajstić information content (AvgIpc) is 2.86. The van der Waals surface area contributed by atoms with Crippen LogP contribution in [0.1, 0.15) is 5.56 Å². The predicted octanol–water partition coefficient (Wildman–Crippen LogP) is 2.64. The first-order chi connectivity index (χ1) is 12.1. The summed E-state index contributed by atoms with van der Waals surface area (Å²) in [5.74, 6) is -1.36. The van der Waals surface area contributed by atoms with Gasteiger partial charge in [-0.1, -0.05) is 11.6 Å². The number of carbonyl (C=O) groups is 2. The SMILES string of the molecule is COC(=O)C1=C(Nc2c(Cl)cc(C(F)(F)F)cc2I)C(=O)N(CCO)C1. The summed E-state index contributed by atoms with van der Waals surface area (Å²) in [6.45, 7) is -0.419. The fourth-order valence-corrected chi connectivity index (χ4v) is 3.52. The number of rotatable bonds is 5. The molecule has 11 heteroatoms. The number of hydrogen-bond acceptors (Lipinski definition) is 5. The number of nitrogens with one attached hydrogen (secondary N) is 1. The highest BCUT2D eigenvalue weighted by atomic mass is 127. The lowest BCUT2D eigenvalue weighted by Gasteiger charge is -2.17. The second-order valence-corrected chi connectivity index (χ2v) is 6.80. The summed E-state index contributed by atoms with van der Waals surface area (Å²) in [6, 6.07) is 1.60. The van der Waals surface area contributed by atoms with Gasteiger partial charge in [0.15, 0.2) is 0 Å². The Morgan fingerprint density at radius 2 is 2.12 bits per heavy atom. The van der Waals surface area contributed by atoms with Crippen molar-refractivity contribution < 1.29 is 32.6 Å². The van der Waals surface area contributed by atoms with Gasteiger partial charge in [0, 0.05) is 10.1 Å². The van der Waals surface area contributed by atoms with Gasteiger partial charge in [-0.15, -0.1) is 0 Å². The number of methoxy groups -OCH3 is 1. The molecule has 1 aromatic carbocycles. The molecule has 0 bridgehead atoms. The van der Waals surface area contributed by atoms with Crippen LogP contribution in [0.2, 0.25) is 5.02 Å². The third kappa shape index (κ3) is 4.23. The van der Waals surface area contributed by atoms with Crippen LogP contribution < -0.4 is 5.32 Å². The molecule has 1 heterocycles. The number of nitrogens with zero attached hydrogens (tertiary/aromatic N) is 1. The van der Waals surface area contributed by atoms with E-state index in [0.717, 1.165) is 19.2 Å². The van der Waals surface area contributed by atoms with E-state index in [2.05, 4.69) is 10.1 Å². The first-order valence-electron chi connectivity index (χ1n) is 7.15. The van der Waals surface area contributed by atoms with Gasteiger partial charge in [0.05, 0.1) is 42.1 Å². The van der Waals surface area contributed by atoms with Gasteiger partial charge in [0.2, 0.25) is 0 Å². The van der Waals surface area contributed by atoms with Crippen molar-refractivity contribution in [3.63, 3.8) is 0 Å². The third-order valence-electron chi connectivity index (χ3n) is 3.57. The fourth-order valence-electron chi connectivity index (χ4n) is 2.33. The van der Waals surface area contributed by atoms with Gasteiger partial charge in [0.1, 0.15) is 5.70 Å². The molecular weight excluding hydrogens is 492 g/mol. The molecule has 1 aliphatic rings. The second-order valence-electron chi connectivity index (χ2n) is 5.23. The number of aliphatic hydroxyl groups excluding tert-OH is 1. The number of halogens is 5. The largest absolute Gasteiger partial charge is 0.466 e. The van der Waals surface area contributed by atoms with Crippen LogP contribution in [-0.2, 0) is 20.5 Å². The number of β-amino-alcohol motifs (C(OH)–C–C–N with tert-alkyl or cyclic N) is 1. The summed E-state index contributed by atoms with van der Waals surface area (Å²) in [4.78, 5) is 25.6. The van der Waals surface area contributed by atoms with E-state index in [1.54, 1.807) is 22.6 Å². The van der Waals surface area contributed by atoms with E-state index in [4.69, 9.17) is 16.7 Å². The normalized spacial score (nSPS) is 14.9. The number of benzene rings is 1. The molecule has 0 aliphatic carbocycles. The van der Waals surface area contributed by atoms with E-state index in [0.29, 0.717) is 0 Å². The Hall–Kier alpha value is -1.53. The van der Waals surface area contributed by atoms with E-state index in [1.807, 2.05) is 0 Å². The standard InChI is InChI=1S/C15H13ClF3IN2O4/c1-26-14(25)8-6-22(2-3-23)13(24)11(8)21-12-9(16)4-7(5-10(12)20)15(17,18)19/h4-5,21,23H,2-3,6H2,1H3. The van der Waals surface area contributed by atoms with Crippen molar-refractivity contribution in [2.24, 2.45) is 0 Å². The molecule has 0 unspecified atom stereocenters. The zero-order chi connectivity index (χ0) is 19.6. The van der Waals surface area contributed by atoms with Crippen LogP contribution >= 0.6 is 34.2 Å². The van der Waals surface area contributed by atoms with E-state index in [9.17, 15) is 22.8 Å². The highest BCUT2D eigenvalue weighted by molar-refractivity contribution is 14.1. The number of hydrogen-bond donors (Lipinski definition) is 2. The molecule has 0 fully saturated rings. The van der Waals surface area contributed by atoms with Crippen LogP contribution in [0.3, 0.4) is 0 Å². The van der Waals surface area contributed by atoms with Gasteiger partial charge in [-0.05, 0) is 34.7 Å². The number of anilines is 1. The van der Waals surface area contributed by atoms with Crippen LogP contribution in [0.4, 0.5) is 18.9 Å². The zero-order valence-electron chi connectivity index (χ0n) is 13.3. The summed E-state index contributed by atoms with van der Waals surface area (Å²) in [5.41, 5.74) is -1.02.